The second-order valence-electron chi connectivity index (χ2n) is 7.88. The fourth-order valence-electron chi connectivity index (χ4n) is 3.73. The van der Waals surface area contributed by atoms with Gasteiger partial charge in [0.2, 0.25) is 5.91 Å². The topological polar surface area (TPSA) is 86.0 Å². The minimum absolute atomic E-state index is 0.156. The van der Waals surface area contributed by atoms with Crippen LogP contribution in [0.1, 0.15) is 36.5 Å². The van der Waals surface area contributed by atoms with E-state index in [9.17, 15) is 4.79 Å². The lowest BCUT2D eigenvalue weighted by atomic mass is 10.1. The molecule has 0 spiro atoms. The summed E-state index contributed by atoms with van der Waals surface area (Å²) in [5.41, 5.74) is 2.80. The van der Waals surface area contributed by atoms with Crippen LogP contribution in [0.25, 0.3) is 5.69 Å². The first-order valence-corrected chi connectivity index (χ1v) is 12.9. The van der Waals surface area contributed by atoms with Crippen molar-refractivity contribution in [2.75, 3.05) is 26.0 Å². The molecule has 0 saturated carbocycles. The molecule has 1 saturated heterocycles. The van der Waals surface area contributed by atoms with Crippen LogP contribution in [0, 0.1) is 13.8 Å². The number of benzene rings is 1. The van der Waals surface area contributed by atoms with Crippen molar-refractivity contribution in [3.63, 3.8) is 0 Å². The molecule has 0 aliphatic carbocycles. The minimum Gasteiger partial charge on any atom is -0.497 e. The number of likely N-dealkylation sites (tertiary alicyclic amines) is 1. The summed E-state index contributed by atoms with van der Waals surface area (Å²) in [4.78, 5) is 23.7. The molecule has 0 bridgehead atoms. The monoisotopic (exact) mass is 484 g/mol. The van der Waals surface area contributed by atoms with Crippen LogP contribution in [-0.2, 0) is 10.5 Å². The third kappa shape index (κ3) is 6.05. The summed E-state index contributed by atoms with van der Waals surface area (Å²) in [6.07, 6.45) is 3.37. The van der Waals surface area contributed by atoms with Gasteiger partial charge >= 0.3 is 0 Å². The fraction of sp³-hybridized carbons (Fsp3) is 0.435. The summed E-state index contributed by atoms with van der Waals surface area (Å²) in [5, 5.41) is 10.3. The van der Waals surface area contributed by atoms with E-state index >= 15 is 0 Å². The van der Waals surface area contributed by atoms with Crippen LogP contribution >= 0.6 is 23.5 Å². The molecule has 0 N–H and O–H groups in total. The van der Waals surface area contributed by atoms with E-state index < -0.39 is 0 Å². The number of amides is 1. The Morgan fingerprint density at radius 1 is 1.00 bits per heavy atom. The van der Waals surface area contributed by atoms with Gasteiger partial charge in [-0.05, 0) is 63.4 Å². The molecule has 174 valence electrons. The number of carbonyl (C=O) groups excluding carboxylic acids is 1. The molecule has 1 aliphatic rings. The van der Waals surface area contributed by atoms with Crippen molar-refractivity contribution in [1.82, 2.24) is 29.6 Å². The SMILES string of the molecule is COc1ccc(-n2c(CSc3nc(C)cc(C)n3)nnc2SCC(=O)N2CCCCC2)cc1. The first-order chi connectivity index (χ1) is 16.0. The number of hydrogen-bond donors (Lipinski definition) is 0. The number of nitrogens with zero attached hydrogens (tertiary/aromatic N) is 6. The molecule has 0 unspecified atom stereocenters. The average molecular weight is 485 g/mol. The second-order valence-corrected chi connectivity index (χ2v) is 9.77. The van der Waals surface area contributed by atoms with E-state index in [-0.39, 0.29) is 5.91 Å². The Bertz CT molecular complexity index is 1080. The Morgan fingerprint density at radius 3 is 2.36 bits per heavy atom. The number of hydrogen-bond acceptors (Lipinski definition) is 8. The molecule has 10 heteroatoms. The molecule has 3 heterocycles. The van der Waals surface area contributed by atoms with Crippen molar-refractivity contribution in [2.24, 2.45) is 0 Å². The molecule has 1 aromatic carbocycles. The molecule has 0 radical (unpaired) electrons. The lowest BCUT2D eigenvalue weighted by Crippen LogP contribution is -2.36. The summed E-state index contributed by atoms with van der Waals surface area (Å²) in [6, 6.07) is 9.72. The van der Waals surface area contributed by atoms with E-state index in [2.05, 4.69) is 20.2 Å². The van der Waals surface area contributed by atoms with Gasteiger partial charge in [-0.1, -0.05) is 23.5 Å². The van der Waals surface area contributed by atoms with Gasteiger partial charge in [-0.3, -0.25) is 9.36 Å². The third-order valence-corrected chi connectivity index (χ3v) is 7.11. The zero-order valence-corrected chi connectivity index (χ0v) is 20.8. The molecule has 1 fully saturated rings. The Kier molecular flexibility index (Phi) is 7.87. The predicted octanol–water partition coefficient (Wildman–Crippen LogP) is 4.08. The Balaban J connectivity index is 1.55. The minimum atomic E-state index is 0.156. The number of aromatic nitrogens is 5. The van der Waals surface area contributed by atoms with E-state index in [1.807, 2.05) is 53.6 Å². The molecule has 1 amide bonds. The zero-order valence-electron chi connectivity index (χ0n) is 19.2. The number of carbonyl (C=O) groups is 1. The van der Waals surface area contributed by atoms with Gasteiger partial charge in [0.15, 0.2) is 10.3 Å². The molecular weight excluding hydrogens is 456 g/mol. The molecule has 1 aliphatic heterocycles. The largest absolute Gasteiger partial charge is 0.497 e. The zero-order chi connectivity index (χ0) is 23.2. The lowest BCUT2D eigenvalue weighted by molar-refractivity contribution is -0.129. The van der Waals surface area contributed by atoms with Crippen molar-refractivity contribution in [3.8, 4) is 11.4 Å². The molecular formula is C23H28N6O2S2. The number of piperidine rings is 1. The van der Waals surface area contributed by atoms with E-state index in [1.54, 1.807) is 7.11 Å². The highest BCUT2D eigenvalue weighted by atomic mass is 32.2. The highest BCUT2D eigenvalue weighted by Crippen LogP contribution is 2.27. The van der Waals surface area contributed by atoms with Gasteiger partial charge < -0.3 is 9.64 Å². The number of rotatable bonds is 8. The second kappa shape index (κ2) is 11.0. The maximum atomic E-state index is 12.7. The van der Waals surface area contributed by atoms with Crippen LogP contribution in [-0.4, -0.2) is 61.5 Å². The Morgan fingerprint density at radius 2 is 1.70 bits per heavy atom. The molecule has 33 heavy (non-hydrogen) atoms. The Labute approximate surface area is 202 Å². The molecule has 8 nitrogen and oxygen atoms in total. The summed E-state index contributed by atoms with van der Waals surface area (Å²) >= 11 is 2.95. The fourth-order valence-corrected chi connectivity index (χ4v) is 5.46. The molecule has 0 atom stereocenters. The van der Waals surface area contributed by atoms with Crippen molar-refractivity contribution in [2.45, 2.75) is 49.2 Å². The standard InChI is InChI=1S/C23H28N6O2S2/c1-16-13-17(2)25-22(24-16)32-14-20-26-27-23(29(20)18-7-9-19(31-3)10-8-18)33-15-21(30)28-11-5-4-6-12-28/h7-10,13H,4-6,11-12,14-15H2,1-3H3. The first-order valence-electron chi connectivity index (χ1n) is 11.0. The van der Waals surface area contributed by atoms with E-state index in [0.717, 1.165) is 54.6 Å². The highest BCUT2D eigenvalue weighted by Gasteiger charge is 2.20. The van der Waals surface area contributed by atoms with Crippen molar-refractivity contribution >= 4 is 29.4 Å². The van der Waals surface area contributed by atoms with Crippen LogP contribution in [0.3, 0.4) is 0 Å². The number of aryl methyl sites for hydroxylation is 2. The van der Waals surface area contributed by atoms with Gasteiger partial charge in [-0.25, -0.2) is 9.97 Å². The first kappa shape index (κ1) is 23.6. The van der Waals surface area contributed by atoms with Crippen LogP contribution in [0.15, 0.2) is 40.6 Å². The maximum Gasteiger partial charge on any atom is 0.233 e. The number of methoxy groups -OCH3 is 1. The van der Waals surface area contributed by atoms with E-state index in [1.165, 1.54) is 29.9 Å². The van der Waals surface area contributed by atoms with E-state index in [0.29, 0.717) is 21.8 Å². The summed E-state index contributed by atoms with van der Waals surface area (Å²) < 4.78 is 7.31. The van der Waals surface area contributed by atoms with Crippen molar-refractivity contribution < 1.29 is 9.53 Å². The van der Waals surface area contributed by atoms with Gasteiger partial charge in [0.25, 0.3) is 0 Å². The third-order valence-electron chi connectivity index (χ3n) is 5.36. The molecule has 3 aromatic rings. The van der Waals surface area contributed by atoms with Crippen LogP contribution in [0.5, 0.6) is 5.75 Å². The summed E-state index contributed by atoms with van der Waals surface area (Å²) in [6.45, 7) is 5.63. The maximum absolute atomic E-state index is 12.7. The average Bonchev–Trinajstić information content (AvgIpc) is 3.24. The van der Waals surface area contributed by atoms with Gasteiger partial charge in [0.1, 0.15) is 11.6 Å². The summed E-state index contributed by atoms with van der Waals surface area (Å²) in [5.74, 6) is 2.62. The van der Waals surface area contributed by atoms with Crippen LogP contribution in [0.2, 0.25) is 0 Å². The van der Waals surface area contributed by atoms with Crippen LogP contribution in [0.4, 0.5) is 0 Å². The van der Waals surface area contributed by atoms with Gasteiger partial charge in [0.05, 0.1) is 18.6 Å². The predicted molar refractivity (Wildman–Crippen MR) is 130 cm³/mol. The smallest absolute Gasteiger partial charge is 0.233 e. The van der Waals surface area contributed by atoms with Gasteiger partial charge in [-0.15, -0.1) is 10.2 Å². The summed E-state index contributed by atoms with van der Waals surface area (Å²) in [7, 11) is 1.65. The lowest BCUT2D eigenvalue weighted by Gasteiger charge is -2.26. The molecule has 4 rings (SSSR count). The van der Waals surface area contributed by atoms with Gasteiger partial charge in [-0.2, -0.15) is 0 Å². The van der Waals surface area contributed by atoms with E-state index in [4.69, 9.17) is 4.74 Å². The van der Waals surface area contributed by atoms with Crippen molar-refractivity contribution in [3.05, 3.63) is 47.5 Å². The molecule has 2 aromatic heterocycles. The number of thioether (sulfide) groups is 2. The highest BCUT2D eigenvalue weighted by molar-refractivity contribution is 7.99. The Hall–Kier alpha value is -2.59. The number of ether oxygens (including phenoxy) is 1. The van der Waals surface area contributed by atoms with Crippen molar-refractivity contribution in [1.29, 1.82) is 0 Å². The van der Waals surface area contributed by atoms with Crippen LogP contribution < -0.4 is 4.74 Å². The van der Waals surface area contributed by atoms with Gasteiger partial charge in [0, 0.05) is 30.2 Å². The normalized spacial score (nSPS) is 13.8. The quantitative estimate of drug-likeness (QED) is 0.349.